The summed E-state index contributed by atoms with van der Waals surface area (Å²) in [7, 11) is 0. The number of urea groups is 1. The third kappa shape index (κ3) is 4.15. The first-order valence-corrected chi connectivity index (χ1v) is 11.9. The van der Waals surface area contributed by atoms with Crippen molar-refractivity contribution in [2.45, 2.75) is 39.3 Å². The van der Waals surface area contributed by atoms with Crippen LogP contribution in [0.5, 0.6) is 5.19 Å². The molecular formula is C26H27N3O2S. The van der Waals surface area contributed by atoms with Crippen LogP contribution in [0.15, 0.2) is 54.6 Å². The highest BCUT2D eigenvalue weighted by atomic mass is 32.1. The van der Waals surface area contributed by atoms with E-state index >= 15 is 0 Å². The molecule has 0 atom stereocenters. The first-order chi connectivity index (χ1) is 15.6. The van der Waals surface area contributed by atoms with Gasteiger partial charge in [-0.05, 0) is 41.3 Å². The maximum Gasteiger partial charge on any atom is 0.317 e. The van der Waals surface area contributed by atoms with E-state index in [0.717, 1.165) is 29.1 Å². The van der Waals surface area contributed by atoms with Crippen molar-refractivity contribution in [3.05, 3.63) is 71.3 Å². The molecule has 1 N–H and O–H groups in total. The Labute approximate surface area is 192 Å². The molecule has 1 saturated heterocycles. The third-order valence-electron chi connectivity index (χ3n) is 6.23. The van der Waals surface area contributed by atoms with E-state index in [1.54, 1.807) is 11.3 Å². The maximum absolute atomic E-state index is 12.7. The van der Waals surface area contributed by atoms with Crippen LogP contribution in [-0.2, 0) is 6.54 Å². The number of hydrogen-bond donors (Lipinski definition) is 1. The summed E-state index contributed by atoms with van der Waals surface area (Å²) < 4.78 is 7.40. The predicted octanol–water partition coefficient (Wildman–Crippen LogP) is 5.82. The highest BCUT2D eigenvalue weighted by molar-refractivity contribution is 7.20. The standard InChI is InChI=1S/C26H27N3O2S/c1-17-10-11-18(2)24-23(17)28-26(32-24)31-21-12-14-29(15-13-21)25(30)27-16-20-8-5-7-19-6-3-4-9-22(19)20/h3-11,21H,12-16H2,1-2H3,(H,27,30). The number of ether oxygens (including phenoxy) is 1. The van der Waals surface area contributed by atoms with Gasteiger partial charge < -0.3 is 15.0 Å². The number of thiazole rings is 1. The van der Waals surface area contributed by atoms with E-state index in [9.17, 15) is 4.79 Å². The zero-order valence-electron chi connectivity index (χ0n) is 18.4. The molecule has 0 saturated carbocycles. The number of piperidine rings is 1. The van der Waals surface area contributed by atoms with Gasteiger partial charge in [0, 0.05) is 32.5 Å². The number of nitrogens with zero attached hydrogens (tertiary/aromatic N) is 2. The first kappa shape index (κ1) is 20.8. The fourth-order valence-corrected chi connectivity index (χ4v) is 5.37. The second kappa shape index (κ2) is 8.79. The number of carbonyl (C=O) groups excluding carboxylic acids is 1. The van der Waals surface area contributed by atoms with Crippen LogP contribution in [0.3, 0.4) is 0 Å². The van der Waals surface area contributed by atoms with Crippen LogP contribution >= 0.6 is 11.3 Å². The van der Waals surface area contributed by atoms with E-state index in [-0.39, 0.29) is 12.1 Å². The minimum atomic E-state index is -0.0115. The van der Waals surface area contributed by atoms with Crippen molar-refractivity contribution < 1.29 is 9.53 Å². The fraction of sp³-hybridized carbons (Fsp3) is 0.308. The Balaban J connectivity index is 1.16. The van der Waals surface area contributed by atoms with Gasteiger partial charge in [0.15, 0.2) is 0 Å². The van der Waals surface area contributed by atoms with E-state index in [1.807, 2.05) is 23.1 Å². The van der Waals surface area contributed by atoms with Crippen LogP contribution in [0.4, 0.5) is 4.79 Å². The Hall–Kier alpha value is -3.12. The summed E-state index contributed by atoms with van der Waals surface area (Å²) in [5.74, 6) is 0. The van der Waals surface area contributed by atoms with E-state index in [0.29, 0.717) is 19.6 Å². The summed E-state index contributed by atoms with van der Waals surface area (Å²) >= 11 is 1.62. The molecule has 1 aliphatic rings. The minimum absolute atomic E-state index is 0.0115. The van der Waals surface area contributed by atoms with Crippen molar-refractivity contribution in [1.29, 1.82) is 0 Å². The molecule has 32 heavy (non-hydrogen) atoms. The molecule has 3 aromatic carbocycles. The number of likely N-dealkylation sites (tertiary alicyclic amines) is 1. The zero-order chi connectivity index (χ0) is 22.1. The Morgan fingerprint density at radius 1 is 1.06 bits per heavy atom. The van der Waals surface area contributed by atoms with Crippen LogP contribution in [0.1, 0.15) is 29.5 Å². The molecule has 164 valence electrons. The van der Waals surface area contributed by atoms with E-state index in [2.05, 4.69) is 55.6 Å². The molecule has 1 aromatic heterocycles. The van der Waals surface area contributed by atoms with Crippen LogP contribution in [0.25, 0.3) is 21.0 Å². The Morgan fingerprint density at radius 3 is 2.62 bits per heavy atom. The number of benzene rings is 3. The highest BCUT2D eigenvalue weighted by Gasteiger charge is 2.25. The number of aromatic nitrogens is 1. The molecule has 0 bridgehead atoms. The largest absolute Gasteiger partial charge is 0.467 e. The lowest BCUT2D eigenvalue weighted by Crippen LogP contribution is -2.46. The van der Waals surface area contributed by atoms with Gasteiger partial charge in [0.1, 0.15) is 6.10 Å². The predicted molar refractivity (Wildman–Crippen MR) is 131 cm³/mol. The third-order valence-corrected chi connectivity index (χ3v) is 7.31. The summed E-state index contributed by atoms with van der Waals surface area (Å²) in [6.07, 6.45) is 1.73. The average molecular weight is 446 g/mol. The Kier molecular flexibility index (Phi) is 5.70. The molecule has 2 heterocycles. The molecular weight excluding hydrogens is 418 g/mol. The molecule has 0 spiro atoms. The molecule has 1 fully saturated rings. The molecule has 0 unspecified atom stereocenters. The lowest BCUT2D eigenvalue weighted by atomic mass is 10.0. The van der Waals surface area contributed by atoms with Crippen LogP contribution in [-0.4, -0.2) is 35.1 Å². The quantitative estimate of drug-likeness (QED) is 0.431. The van der Waals surface area contributed by atoms with Crippen molar-refractivity contribution in [3.8, 4) is 5.19 Å². The second-order valence-corrected chi connectivity index (χ2v) is 9.42. The van der Waals surface area contributed by atoms with Gasteiger partial charge in [-0.3, -0.25) is 0 Å². The summed E-state index contributed by atoms with van der Waals surface area (Å²) in [6.45, 7) is 6.10. The monoisotopic (exact) mass is 445 g/mol. The van der Waals surface area contributed by atoms with Gasteiger partial charge in [0.25, 0.3) is 5.19 Å². The smallest absolute Gasteiger partial charge is 0.317 e. The fourth-order valence-electron chi connectivity index (χ4n) is 4.34. The summed E-state index contributed by atoms with van der Waals surface area (Å²) in [4.78, 5) is 19.3. The number of amides is 2. The van der Waals surface area contributed by atoms with Crippen molar-refractivity contribution in [2.24, 2.45) is 0 Å². The lowest BCUT2D eigenvalue weighted by molar-refractivity contribution is 0.111. The number of carbonyl (C=O) groups is 1. The molecule has 2 amide bonds. The van der Waals surface area contributed by atoms with Crippen molar-refractivity contribution >= 4 is 38.4 Å². The molecule has 5 nitrogen and oxygen atoms in total. The SMILES string of the molecule is Cc1ccc(C)c2sc(OC3CCN(C(=O)NCc4cccc5ccccc45)CC3)nc12. The zero-order valence-corrected chi connectivity index (χ0v) is 19.2. The molecule has 5 rings (SSSR count). The highest BCUT2D eigenvalue weighted by Crippen LogP contribution is 2.33. The van der Waals surface area contributed by atoms with Crippen LogP contribution in [0, 0.1) is 13.8 Å². The lowest BCUT2D eigenvalue weighted by Gasteiger charge is -2.31. The maximum atomic E-state index is 12.7. The minimum Gasteiger partial charge on any atom is -0.467 e. The van der Waals surface area contributed by atoms with Gasteiger partial charge in [-0.1, -0.05) is 65.9 Å². The molecule has 0 aliphatic carbocycles. The Bertz CT molecular complexity index is 1230. The van der Waals surface area contributed by atoms with Crippen LogP contribution in [0.2, 0.25) is 0 Å². The molecule has 4 aromatic rings. The number of fused-ring (bicyclic) bond motifs is 2. The normalized spacial score (nSPS) is 14.8. The van der Waals surface area contributed by atoms with E-state index in [4.69, 9.17) is 9.72 Å². The topological polar surface area (TPSA) is 54.5 Å². The molecule has 1 aliphatic heterocycles. The Morgan fingerprint density at radius 2 is 1.81 bits per heavy atom. The second-order valence-electron chi connectivity index (χ2n) is 8.46. The van der Waals surface area contributed by atoms with Crippen molar-refractivity contribution in [2.75, 3.05) is 13.1 Å². The summed E-state index contributed by atoms with van der Waals surface area (Å²) in [5, 5.41) is 6.20. The van der Waals surface area contributed by atoms with Gasteiger partial charge >= 0.3 is 6.03 Å². The van der Waals surface area contributed by atoms with Gasteiger partial charge in [-0.15, -0.1) is 0 Å². The van der Waals surface area contributed by atoms with Crippen molar-refractivity contribution in [3.63, 3.8) is 0 Å². The number of rotatable bonds is 4. The first-order valence-electron chi connectivity index (χ1n) is 11.1. The van der Waals surface area contributed by atoms with Gasteiger partial charge in [0.2, 0.25) is 0 Å². The van der Waals surface area contributed by atoms with E-state index < -0.39 is 0 Å². The number of nitrogens with one attached hydrogen (secondary N) is 1. The van der Waals surface area contributed by atoms with Gasteiger partial charge in [-0.2, -0.15) is 0 Å². The molecule has 6 heteroatoms. The number of aryl methyl sites for hydroxylation is 2. The number of hydrogen-bond acceptors (Lipinski definition) is 4. The average Bonchev–Trinajstić information content (AvgIpc) is 3.25. The van der Waals surface area contributed by atoms with E-state index in [1.165, 1.54) is 26.6 Å². The summed E-state index contributed by atoms with van der Waals surface area (Å²) in [5.41, 5.74) is 4.58. The van der Waals surface area contributed by atoms with Gasteiger partial charge in [-0.25, -0.2) is 9.78 Å². The van der Waals surface area contributed by atoms with Gasteiger partial charge in [0.05, 0.1) is 10.2 Å². The van der Waals surface area contributed by atoms with Crippen LogP contribution < -0.4 is 10.1 Å². The summed E-state index contributed by atoms with van der Waals surface area (Å²) in [6, 6.07) is 18.7. The van der Waals surface area contributed by atoms with Crippen molar-refractivity contribution in [1.82, 2.24) is 15.2 Å². The molecule has 0 radical (unpaired) electrons.